The summed E-state index contributed by atoms with van der Waals surface area (Å²) in [6.45, 7) is -0.545. The van der Waals surface area contributed by atoms with Crippen LogP contribution in [0.1, 0.15) is 21.6 Å². The number of rotatable bonds is 3. The van der Waals surface area contributed by atoms with Gasteiger partial charge < -0.3 is 10.5 Å². The van der Waals surface area contributed by atoms with Crippen molar-refractivity contribution < 1.29 is 35.9 Å². The fraction of sp³-hybridized carbons (Fsp3) is 0.333. The van der Waals surface area contributed by atoms with E-state index in [9.17, 15) is 31.1 Å². The van der Waals surface area contributed by atoms with Crippen LogP contribution in [0.3, 0.4) is 0 Å². The van der Waals surface area contributed by atoms with Gasteiger partial charge in [-0.25, -0.2) is 4.98 Å². The molecule has 1 aromatic rings. The Hall–Kier alpha value is -1.84. The van der Waals surface area contributed by atoms with E-state index in [0.29, 0.717) is 6.07 Å². The molecule has 1 aromatic heterocycles. The molecular formula is C9H6F6N2O2. The maximum atomic E-state index is 12.6. The second-order valence-electron chi connectivity index (χ2n) is 3.25. The highest BCUT2D eigenvalue weighted by Gasteiger charge is 2.39. The zero-order chi connectivity index (χ0) is 14.8. The fourth-order valence-corrected chi connectivity index (χ4v) is 1.22. The number of halogens is 6. The molecule has 1 rings (SSSR count). The highest BCUT2D eigenvalue weighted by atomic mass is 19.4. The number of aldehydes is 1. The maximum Gasteiger partial charge on any atom is 0.574 e. The smallest absolute Gasteiger partial charge is 0.387 e. The first-order chi connectivity index (χ1) is 8.58. The van der Waals surface area contributed by atoms with Crippen molar-refractivity contribution in [1.29, 1.82) is 0 Å². The molecule has 0 radical (unpaired) electrons. The number of ether oxygens (including phenoxy) is 1. The summed E-state index contributed by atoms with van der Waals surface area (Å²) in [6.07, 6.45) is -10.7. The first-order valence-corrected chi connectivity index (χ1v) is 4.60. The third kappa shape index (κ3) is 3.81. The molecule has 0 aliphatic carbocycles. The average molecular weight is 288 g/mol. The van der Waals surface area contributed by atoms with Crippen LogP contribution in [0.5, 0.6) is 5.88 Å². The number of hydrogen-bond acceptors (Lipinski definition) is 4. The second kappa shape index (κ2) is 5.03. The lowest BCUT2D eigenvalue weighted by molar-refractivity contribution is -0.276. The van der Waals surface area contributed by atoms with Gasteiger partial charge in [-0.2, -0.15) is 13.2 Å². The van der Waals surface area contributed by atoms with Gasteiger partial charge in [-0.05, 0) is 6.07 Å². The van der Waals surface area contributed by atoms with Crippen LogP contribution in [0.15, 0.2) is 6.07 Å². The molecule has 0 aliphatic heterocycles. The molecule has 0 spiro atoms. The standard InChI is InChI=1S/C9H6F6N2O2/c10-8(11,12)6-1-4(2-16)17-7(5(6)3-18)19-9(13,14)15/h1,3H,2,16H2. The van der Waals surface area contributed by atoms with Crippen LogP contribution in [0.25, 0.3) is 0 Å². The van der Waals surface area contributed by atoms with Gasteiger partial charge in [0.25, 0.3) is 0 Å². The van der Waals surface area contributed by atoms with Crippen molar-refractivity contribution in [3.63, 3.8) is 0 Å². The van der Waals surface area contributed by atoms with Crippen LogP contribution in [0.2, 0.25) is 0 Å². The predicted octanol–water partition coefficient (Wildman–Crippen LogP) is 2.27. The predicted molar refractivity (Wildman–Crippen MR) is 49.2 cm³/mol. The van der Waals surface area contributed by atoms with E-state index in [1.807, 2.05) is 0 Å². The highest BCUT2D eigenvalue weighted by Crippen LogP contribution is 2.36. The van der Waals surface area contributed by atoms with E-state index < -0.39 is 48.1 Å². The Balaban J connectivity index is 3.48. The van der Waals surface area contributed by atoms with E-state index in [0.717, 1.165) is 0 Å². The summed E-state index contributed by atoms with van der Waals surface area (Å²) in [7, 11) is 0. The summed E-state index contributed by atoms with van der Waals surface area (Å²) in [5.74, 6) is -1.47. The van der Waals surface area contributed by atoms with Gasteiger partial charge in [0.05, 0.1) is 16.8 Å². The molecule has 106 valence electrons. The molecule has 0 amide bonds. The Morgan fingerprint density at radius 1 is 1.26 bits per heavy atom. The molecule has 0 aliphatic rings. The third-order valence-corrected chi connectivity index (χ3v) is 1.92. The maximum absolute atomic E-state index is 12.6. The zero-order valence-electron chi connectivity index (χ0n) is 8.97. The van der Waals surface area contributed by atoms with Gasteiger partial charge in [-0.15, -0.1) is 13.2 Å². The summed E-state index contributed by atoms with van der Waals surface area (Å²) >= 11 is 0. The van der Waals surface area contributed by atoms with Crippen LogP contribution in [-0.4, -0.2) is 17.6 Å². The summed E-state index contributed by atoms with van der Waals surface area (Å²) in [5.41, 5.74) is 1.63. The van der Waals surface area contributed by atoms with Crippen molar-refractivity contribution in [1.82, 2.24) is 4.98 Å². The van der Waals surface area contributed by atoms with Crippen LogP contribution in [0, 0.1) is 0 Å². The monoisotopic (exact) mass is 288 g/mol. The Bertz CT molecular complexity index is 483. The molecule has 10 heteroatoms. The quantitative estimate of drug-likeness (QED) is 0.684. The van der Waals surface area contributed by atoms with Crippen molar-refractivity contribution in [3.05, 3.63) is 22.9 Å². The van der Waals surface area contributed by atoms with Crippen LogP contribution < -0.4 is 10.5 Å². The number of nitrogens with zero attached hydrogens (tertiary/aromatic N) is 1. The molecule has 19 heavy (non-hydrogen) atoms. The average Bonchev–Trinajstić information content (AvgIpc) is 2.24. The van der Waals surface area contributed by atoms with E-state index in [4.69, 9.17) is 5.73 Å². The normalized spacial score (nSPS) is 12.4. The topological polar surface area (TPSA) is 65.2 Å². The van der Waals surface area contributed by atoms with E-state index in [2.05, 4.69) is 9.72 Å². The lowest BCUT2D eigenvalue weighted by Crippen LogP contribution is -2.22. The molecular weight excluding hydrogens is 282 g/mol. The van der Waals surface area contributed by atoms with Gasteiger partial charge in [0, 0.05) is 6.54 Å². The first kappa shape index (κ1) is 15.2. The lowest BCUT2D eigenvalue weighted by Gasteiger charge is -2.15. The number of carbonyl (C=O) groups is 1. The summed E-state index contributed by atoms with van der Waals surface area (Å²) in [5, 5.41) is 0. The number of hydrogen-bond donors (Lipinski definition) is 1. The summed E-state index contributed by atoms with van der Waals surface area (Å²) < 4.78 is 77.2. The Morgan fingerprint density at radius 2 is 1.84 bits per heavy atom. The van der Waals surface area contributed by atoms with Gasteiger partial charge in [0.1, 0.15) is 0 Å². The molecule has 0 atom stereocenters. The molecule has 0 aromatic carbocycles. The van der Waals surface area contributed by atoms with Gasteiger partial charge in [0.15, 0.2) is 6.29 Å². The van der Waals surface area contributed by atoms with Gasteiger partial charge in [-0.3, -0.25) is 4.79 Å². The van der Waals surface area contributed by atoms with E-state index in [-0.39, 0.29) is 0 Å². The summed E-state index contributed by atoms with van der Waals surface area (Å²) in [6, 6.07) is 0.396. The minimum Gasteiger partial charge on any atom is -0.387 e. The minimum atomic E-state index is -5.28. The molecule has 0 bridgehead atoms. The molecule has 0 fully saturated rings. The minimum absolute atomic E-state index is 0.396. The third-order valence-electron chi connectivity index (χ3n) is 1.92. The van der Waals surface area contributed by atoms with E-state index in [1.165, 1.54) is 0 Å². The van der Waals surface area contributed by atoms with Crippen LogP contribution in [-0.2, 0) is 12.7 Å². The molecule has 0 saturated heterocycles. The van der Waals surface area contributed by atoms with Crippen molar-refractivity contribution in [2.75, 3.05) is 0 Å². The zero-order valence-corrected chi connectivity index (χ0v) is 8.97. The van der Waals surface area contributed by atoms with Gasteiger partial charge in [-0.1, -0.05) is 0 Å². The second-order valence-corrected chi connectivity index (χ2v) is 3.25. The number of alkyl halides is 6. The van der Waals surface area contributed by atoms with Crippen LogP contribution >= 0.6 is 0 Å². The summed E-state index contributed by atoms with van der Waals surface area (Å²) in [4.78, 5) is 13.7. The molecule has 0 unspecified atom stereocenters. The van der Waals surface area contributed by atoms with Crippen LogP contribution in [0.4, 0.5) is 26.3 Å². The molecule has 4 nitrogen and oxygen atoms in total. The van der Waals surface area contributed by atoms with Gasteiger partial charge >= 0.3 is 12.5 Å². The lowest BCUT2D eigenvalue weighted by atomic mass is 10.1. The highest BCUT2D eigenvalue weighted by molar-refractivity contribution is 5.81. The number of aromatic nitrogens is 1. The first-order valence-electron chi connectivity index (χ1n) is 4.60. The van der Waals surface area contributed by atoms with Crippen molar-refractivity contribution in [2.24, 2.45) is 5.73 Å². The Kier molecular flexibility index (Phi) is 4.03. The van der Waals surface area contributed by atoms with E-state index >= 15 is 0 Å². The molecule has 1 heterocycles. The largest absolute Gasteiger partial charge is 0.574 e. The number of pyridine rings is 1. The van der Waals surface area contributed by atoms with Gasteiger partial charge in [0.2, 0.25) is 5.88 Å². The van der Waals surface area contributed by atoms with Crippen molar-refractivity contribution in [2.45, 2.75) is 19.1 Å². The number of nitrogens with two attached hydrogens (primary N) is 1. The molecule has 0 saturated carbocycles. The van der Waals surface area contributed by atoms with Crippen molar-refractivity contribution in [3.8, 4) is 5.88 Å². The van der Waals surface area contributed by atoms with E-state index in [1.54, 1.807) is 0 Å². The fourth-order valence-electron chi connectivity index (χ4n) is 1.22. The SMILES string of the molecule is NCc1cc(C(F)(F)F)c(C=O)c(OC(F)(F)F)n1. The molecule has 2 N–H and O–H groups in total. The Labute approximate surface area is 102 Å². The Morgan fingerprint density at radius 3 is 2.21 bits per heavy atom. The van der Waals surface area contributed by atoms with Crippen molar-refractivity contribution >= 4 is 6.29 Å². The number of carbonyl (C=O) groups excluding carboxylic acids is 1.